The molecule has 2 N–H and O–H groups in total. The van der Waals surface area contributed by atoms with Crippen LogP contribution < -0.4 is 10.1 Å². The predicted molar refractivity (Wildman–Crippen MR) is 91.1 cm³/mol. The second kappa shape index (κ2) is 5.82. The molecule has 0 spiro atoms. The van der Waals surface area contributed by atoms with Crippen LogP contribution in [0.5, 0.6) is 5.75 Å². The Kier molecular flexibility index (Phi) is 3.88. The number of aromatic amines is 1. The van der Waals surface area contributed by atoms with Crippen LogP contribution in [0.25, 0.3) is 10.9 Å². The van der Waals surface area contributed by atoms with Gasteiger partial charge in [-0.3, -0.25) is 0 Å². The van der Waals surface area contributed by atoms with Gasteiger partial charge in [0.25, 0.3) is 0 Å². The molecule has 0 saturated heterocycles. The highest BCUT2D eigenvalue weighted by Crippen LogP contribution is 2.32. The van der Waals surface area contributed by atoms with E-state index >= 15 is 0 Å². The molecule has 108 valence electrons. The van der Waals surface area contributed by atoms with Crippen LogP contribution in [-0.2, 0) is 6.54 Å². The van der Waals surface area contributed by atoms with Gasteiger partial charge in [0.2, 0.25) is 0 Å². The number of aryl methyl sites for hydroxylation is 1. The Morgan fingerprint density at radius 1 is 1.24 bits per heavy atom. The SMILES string of the molecule is COc1cc(Br)cc(C)c1NCc1c[nH]c2ccccc12. The number of ether oxygens (including phenoxy) is 1. The number of methoxy groups -OCH3 is 1. The van der Waals surface area contributed by atoms with Crippen LogP contribution in [0, 0.1) is 6.92 Å². The third-order valence-corrected chi connectivity index (χ3v) is 4.07. The van der Waals surface area contributed by atoms with Crippen molar-refractivity contribution in [3.8, 4) is 5.75 Å². The summed E-state index contributed by atoms with van der Waals surface area (Å²) in [6.45, 7) is 2.83. The Labute approximate surface area is 132 Å². The molecule has 4 heteroatoms. The van der Waals surface area contributed by atoms with Crippen molar-refractivity contribution in [3.63, 3.8) is 0 Å². The highest BCUT2D eigenvalue weighted by Gasteiger charge is 2.09. The number of rotatable bonds is 4. The van der Waals surface area contributed by atoms with Crippen LogP contribution in [0.1, 0.15) is 11.1 Å². The molecule has 2 aromatic carbocycles. The van der Waals surface area contributed by atoms with Crippen LogP contribution in [0.2, 0.25) is 0 Å². The zero-order valence-corrected chi connectivity index (χ0v) is 13.6. The van der Waals surface area contributed by atoms with E-state index < -0.39 is 0 Å². The van der Waals surface area contributed by atoms with E-state index in [9.17, 15) is 0 Å². The number of nitrogens with one attached hydrogen (secondary N) is 2. The molecule has 0 bridgehead atoms. The number of fused-ring (bicyclic) bond motifs is 1. The van der Waals surface area contributed by atoms with E-state index in [0.29, 0.717) is 0 Å². The first-order valence-corrected chi connectivity index (χ1v) is 7.61. The van der Waals surface area contributed by atoms with Crippen molar-refractivity contribution in [1.82, 2.24) is 4.98 Å². The Morgan fingerprint density at radius 3 is 2.86 bits per heavy atom. The lowest BCUT2D eigenvalue weighted by atomic mass is 10.1. The van der Waals surface area contributed by atoms with Gasteiger partial charge >= 0.3 is 0 Å². The molecule has 0 atom stereocenters. The number of hydrogen-bond donors (Lipinski definition) is 2. The first-order valence-electron chi connectivity index (χ1n) is 6.82. The van der Waals surface area contributed by atoms with Gasteiger partial charge in [0.1, 0.15) is 5.75 Å². The molecule has 0 aliphatic heterocycles. The molecule has 3 nitrogen and oxygen atoms in total. The molecule has 3 aromatic rings. The molecule has 1 heterocycles. The first-order chi connectivity index (χ1) is 10.2. The Balaban J connectivity index is 1.88. The minimum absolute atomic E-state index is 0.753. The van der Waals surface area contributed by atoms with Gasteiger partial charge in [-0.25, -0.2) is 0 Å². The van der Waals surface area contributed by atoms with E-state index in [-0.39, 0.29) is 0 Å². The lowest BCUT2D eigenvalue weighted by Crippen LogP contribution is -2.03. The second-order valence-electron chi connectivity index (χ2n) is 5.01. The molecule has 0 aliphatic carbocycles. The van der Waals surface area contributed by atoms with Gasteiger partial charge in [-0.15, -0.1) is 0 Å². The Morgan fingerprint density at radius 2 is 2.05 bits per heavy atom. The van der Waals surface area contributed by atoms with E-state index in [1.807, 2.05) is 12.1 Å². The highest BCUT2D eigenvalue weighted by atomic mass is 79.9. The second-order valence-corrected chi connectivity index (χ2v) is 5.93. The van der Waals surface area contributed by atoms with Crippen molar-refractivity contribution in [1.29, 1.82) is 0 Å². The lowest BCUT2D eigenvalue weighted by Gasteiger charge is -2.14. The summed E-state index contributed by atoms with van der Waals surface area (Å²) in [6.07, 6.45) is 2.05. The average Bonchev–Trinajstić information content (AvgIpc) is 2.89. The minimum atomic E-state index is 0.753. The van der Waals surface area contributed by atoms with Gasteiger partial charge in [-0.1, -0.05) is 34.1 Å². The molecular formula is C17H17BrN2O. The monoisotopic (exact) mass is 344 g/mol. The van der Waals surface area contributed by atoms with E-state index in [1.54, 1.807) is 7.11 Å². The summed E-state index contributed by atoms with van der Waals surface area (Å²) < 4.78 is 6.49. The number of aromatic nitrogens is 1. The van der Waals surface area contributed by atoms with Gasteiger partial charge in [-0.05, 0) is 36.2 Å². The summed E-state index contributed by atoms with van der Waals surface area (Å²) >= 11 is 3.50. The Bertz CT molecular complexity index is 780. The average molecular weight is 345 g/mol. The summed E-state index contributed by atoms with van der Waals surface area (Å²) in [6, 6.07) is 12.4. The molecule has 0 radical (unpaired) electrons. The summed E-state index contributed by atoms with van der Waals surface area (Å²) in [5.74, 6) is 0.849. The van der Waals surface area contributed by atoms with Crippen LogP contribution in [0.3, 0.4) is 0 Å². The van der Waals surface area contributed by atoms with Crippen LogP contribution in [0.4, 0.5) is 5.69 Å². The standard InChI is InChI=1S/C17H17BrN2O/c1-11-7-13(18)8-16(21-2)17(11)20-10-12-9-19-15-6-4-3-5-14(12)15/h3-9,19-20H,10H2,1-2H3. The van der Waals surface area contributed by atoms with Crippen molar-refractivity contribution in [2.45, 2.75) is 13.5 Å². The molecule has 0 fully saturated rings. The van der Waals surface area contributed by atoms with Gasteiger partial charge in [0, 0.05) is 28.1 Å². The van der Waals surface area contributed by atoms with Gasteiger partial charge in [0.05, 0.1) is 12.8 Å². The quantitative estimate of drug-likeness (QED) is 0.709. The fourth-order valence-electron chi connectivity index (χ4n) is 2.56. The molecule has 1 aromatic heterocycles. The van der Waals surface area contributed by atoms with E-state index in [1.165, 1.54) is 10.9 Å². The van der Waals surface area contributed by atoms with Gasteiger partial charge < -0.3 is 15.0 Å². The van der Waals surface area contributed by atoms with Crippen molar-refractivity contribution < 1.29 is 4.74 Å². The third kappa shape index (κ3) is 2.76. The maximum Gasteiger partial charge on any atom is 0.143 e. The molecule has 0 unspecified atom stereocenters. The number of benzene rings is 2. The van der Waals surface area contributed by atoms with E-state index in [4.69, 9.17) is 4.74 Å². The summed E-state index contributed by atoms with van der Waals surface area (Å²) in [5, 5.41) is 4.74. The topological polar surface area (TPSA) is 37.0 Å². The summed E-state index contributed by atoms with van der Waals surface area (Å²) in [7, 11) is 1.69. The van der Waals surface area contributed by atoms with Crippen LogP contribution >= 0.6 is 15.9 Å². The van der Waals surface area contributed by atoms with E-state index in [0.717, 1.165) is 33.5 Å². The van der Waals surface area contributed by atoms with Gasteiger partial charge in [-0.2, -0.15) is 0 Å². The lowest BCUT2D eigenvalue weighted by molar-refractivity contribution is 0.416. The normalized spacial score (nSPS) is 10.8. The molecule has 0 amide bonds. The number of halogens is 1. The predicted octanol–water partition coefficient (Wildman–Crippen LogP) is 4.86. The largest absolute Gasteiger partial charge is 0.495 e. The maximum atomic E-state index is 5.46. The maximum absolute atomic E-state index is 5.46. The number of para-hydroxylation sites is 1. The third-order valence-electron chi connectivity index (χ3n) is 3.61. The summed E-state index contributed by atoms with van der Waals surface area (Å²) in [5.41, 5.74) is 4.59. The van der Waals surface area contributed by atoms with Crippen molar-refractivity contribution >= 4 is 32.5 Å². The van der Waals surface area contributed by atoms with E-state index in [2.05, 4.69) is 63.6 Å². The minimum Gasteiger partial charge on any atom is -0.495 e. The molecule has 3 rings (SSSR count). The zero-order valence-electron chi connectivity index (χ0n) is 12.0. The highest BCUT2D eigenvalue weighted by molar-refractivity contribution is 9.10. The molecule has 0 aliphatic rings. The van der Waals surface area contributed by atoms with Crippen molar-refractivity contribution in [2.24, 2.45) is 0 Å². The Hall–Kier alpha value is -1.94. The van der Waals surface area contributed by atoms with Crippen molar-refractivity contribution in [2.75, 3.05) is 12.4 Å². The molecular weight excluding hydrogens is 328 g/mol. The summed E-state index contributed by atoms with van der Waals surface area (Å²) in [4.78, 5) is 3.30. The zero-order chi connectivity index (χ0) is 14.8. The van der Waals surface area contributed by atoms with Crippen LogP contribution in [0.15, 0.2) is 47.1 Å². The fraction of sp³-hybridized carbons (Fsp3) is 0.176. The van der Waals surface area contributed by atoms with Crippen LogP contribution in [-0.4, -0.2) is 12.1 Å². The van der Waals surface area contributed by atoms with Gasteiger partial charge in [0.15, 0.2) is 0 Å². The first kappa shape index (κ1) is 14.0. The molecule has 0 saturated carbocycles. The number of hydrogen-bond acceptors (Lipinski definition) is 2. The van der Waals surface area contributed by atoms with Crippen molar-refractivity contribution in [3.05, 3.63) is 58.2 Å². The smallest absolute Gasteiger partial charge is 0.143 e. The number of H-pyrrole nitrogens is 1. The fourth-order valence-corrected chi connectivity index (χ4v) is 3.11. The molecule has 21 heavy (non-hydrogen) atoms. The number of anilines is 1.